The highest BCUT2D eigenvalue weighted by molar-refractivity contribution is 6.00. The number of nitrogen functional groups attached to an aromatic ring is 1. The van der Waals surface area contributed by atoms with Gasteiger partial charge in [0.15, 0.2) is 5.65 Å². The third kappa shape index (κ3) is 5.23. The second kappa shape index (κ2) is 11.3. The normalized spacial score (nSPS) is 20.9. The molecule has 2 aliphatic rings. The van der Waals surface area contributed by atoms with E-state index in [1.54, 1.807) is 6.33 Å². The minimum Gasteiger partial charge on any atom is -0.383 e. The molecule has 1 aliphatic carbocycles. The van der Waals surface area contributed by atoms with Crippen LogP contribution in [0, 0.1) is 0 Å². The van der Waals surface area contributed by atoms with E-state index in [1.165, 1.54) is 44.6 Å². The summed E-state index contributed by atoms with van der Waals surface area (Å²) in [6, 6.07) is 20.1. The molecule has 6 rings (SSSR count). The van der Waals surface area contributed by atoms with Gasteiger partial charge in [-0.2, -0.15) is 5.10 Å². The largest absolute Gasteiger partial charge is 0.383 e. The summed E-state index contributed by atoms with van der Waals surface area (Å²) < 4.78 is 2.16. The van der Waals surface area contributed by atoms with Crippen LogP contribution in [0.4, 0.5) is 11.5 Å². The van der Waals surface area contributed by atoms with Crippen molar-refractivity contribution in [3.05, 3.63) is 66.5 Å². The van der Waals surface area contributed by atoms with E-state index >= 15 is 0 Å². The van der Waals surface area contributed by atoms with Gasteiger partial charge in [0, 0.05) is 56.6 Å². The predicted octanol–water partition coefficient (Wildman–Crippen LogP) is 4.83. The standard InChI is InChI=1S/C31H40N8/c1-3-37(21-23-9-5-4-6-10-23)27-12-8-7-11-26(27)29-28-30(32)33-22-34-31(28)39(35-29)25-15-13-24(14-16-25)38-19-17-36(2)18-20-38/h4-12,22,24-25H,3,13-21H2,1-2H3,(H2,32,33,34). The molecule has 2 fully saturated rings. The van der Waals surface area contributed by atoms with Crippen LogP contribution in [0.1, 0.15) is 44.2 Å². The smallest absolute Gasteiger partial charge is 0.164 e. The summed E-state index contributed by atoms with van der Waals surface area (Å²) in [7, 11) is 2.22. The number of anilines is 2. The van der Waals surface area contributed by atoms with Gasteiger partial charge >= 0.3 is 0 Å². The Kier molecular flexibility index (Phi) is 7.48. The summed E-state index contributed by atoms with van der Waals surface area (Å²) in [6.45, 7) is 8.61. The Morgan fingerprint density at radius 1 is 0.872 bits per heavy atom. The molecule has 8 heteroatoms. The Labute approximate surface area is 231 Å². The molecule has 0 bridgehead atoms. The number of nitrogens with two attached hydrogens (primary N) is 1. The molecule has 4 aromatic rings. The molecule has 0 amide bonds. The highest BCUT2D eigenvalue weighted by atomic mass is 15.3. The second-order valence-electron chi connectivity index (χ2n) is 11.1. The van der Waals surface area contributed by atoms with E-state index in [2.05, 4.69) is 92.9 Å². The fraction of sp³-hybridized carbons (Fsp3) is 0.452. The van der Waals surface area contributed by atoms with Crippen LogP contribution in [-0.2, 0) is 6.54 Å². The molecule has 1 saturated carbocycles. The van der Waals surface area contributed by atoms with Crippen molar-refractivity contribution in [3.8, 4) is 11.3 Å². The molecule has 0 spiro atoms. The van der Waals surface area contributed by atoms with Gasteiger partial charge in [-0.1, -0.05) is 48.5 Å². The van der Waals surface area contributed by atoms with E-state index in [0.29, 0.717) is 17.9 Å². The molecule has 39 heavy (non-hydrogen) atoms. The molecule has 1 saturated heterocycles. The Morgan fingerprint density at radius 3 is 2.31 bits per heavy atom. The van der Waals surface area contributed by atoms with Crippen LogP contribution in [0.5, 0.6) is 0 Å². The van der Waals surface area contributed by atoms with Gasteiger partial charge in [0.2, 0.25) is 0 Å². The van der Waals surface area contributed by atoms with Gasteiger partial charge in [0.05, 0.1) is 11.4 Å². The van der Waals surface area contributed by atoms with E-state index in [-0.39, 0.29) is 0 Å². The van der Waals surface area contributed by atoms with Gasteiger partial charge in [-0.25, -0.2) is 14.6 Å². The number of aromatic nitrogens is 4. The van der Waals surface area contributed by atoms with E-state index in [9.17, 15) is 0 Å². The lowest BCUT2D eigenvalue weighted by Gasteiger charge is -2.41. The van der Waals surface area contributed by atoms with Crippen LogP contribution in [0.3, 0.4) is 0 Å². The van der Waals surface area contributed by atoms with Crippen molar-refractivity contribution in [1.29, 1.82) is 0 Å². The number of fused-ring (bicyclic) bond motifs is 1. The molecule has 0 unspecified atom stereocenters. The molecule has 8 nitrogen and oxygen atoms in total. The quantitative estimate of drug-likeness (QED) is 0.371. The number of benzene rings is 2. The first kappa shape index (κ1) is 25.8. The van der Waals surface area contributed by atoms with Crippen LogP contribution >= 0.6 is 0 Å². The minimum absolute atomic E-state index is 0.318. The summed E-state index contributed by atoms with van der Waals surface area (Å²) in [5.41, 5.74) is 11.8. The molecule has 1 aliphatic heterocycles. The van der Waals surface area contributed by atoms with Crippen molar-refractivity contribution in [2.45, 2.75) is 51.2 Å². The summed E-state index contributed by atoms with van der Waals surface area (Å²) in [5, 5.41) is 6.13. The summed E-state index contributed by atoms with van der Waals surface area (Å²) in [4.78, 5) is 16.6. The van der Waals surface area contributed by atoms with Crippen LogP contribution in [0.15, 0.2) is 60.9 Å². The topological polar surface area (TPSA) is 79.3 Å². The van der Waals surface area contributed by atoms with Gasteiger partial charge in [0.25, 0.3) is 0 Å². The maximum absolute atomic E-state index is 6.52. The van der Waals surface area contributed by atoms with Crippen LogP contribution < -0.4 is 10.6 Å². The van der Waals surface area contributed by atoms with Crippen molar-refractivity contribution >= 4 is 22.5 Å². The number of hydrogen-bond donors (Lipinski definition) is 1. The van der Waals surface area contributed by atoms with E-state index < -0.39 is 0 Å². The van der Waals surface area contributed by atoms with Gasteiger partial charge in [-0.3, -0.25) is 4.90 Å². The lowest BCUT2D eigenvalue weighted by Crippen LogP contribution is -2.49. The van der Waals surface area contributed by atoms with E-state index in [1.807, 2.05) is 0 Å². The number of piperazine rings is 1. The monoisotopic (exact) mass is 524 g/mol. The Balaban J connectivity index is 1.32. The predicted molar refractivity (Wildman–Crippen MR) is 159 cm³/mol. The molecular weight excluding hydrogens is 484 g/mol. The first-order valence-corrected chi connectivity index (χ1v) is 14.4. The average molecular weight is 525 g/mol. The molecular formula is C31H40N8. The van der Waals surface area contributed by atoms with Gasteiger partial charge < -0.3 is 15.5 Å². The SMILES string of the molecule is CCN(Cc1ccccc1)c1ccccc1-c1nn(C2CCC(N3CCN(C)CC3)CC2)c2ncnc(N)c12. The van der Waals surface area contributed by atoms with Crippen molar-refractivity contribution in [2.24, 2.45) is 0 Å². The molecule has 2 N–H and O–H groups in total. The Bertz CT molecular complexity index is 1380. The van der Waals surface area contributed by atoms with Crippen molar-refractivity contribution in [1.82, 2.24) is 29.5 Å². The third-order valence-corrected chi connectivity index (χ3v) is 8.68. The fourth-order valence-electron chi connectivity index (χ4n) is 6.41. The number of nitrogens with zero attached hydrogens (tertiary/aromatic N) is 7. The fourth-order valence-corrected chi connectivity index (χ4v) is 6.41. The zero-order valence-corrected chi connectivity index (χ0v) is 23.2. The number of hydrogen-bond acceptors (Lipinski definition) is 7. The molecule has 0 atom stereocenters. The lowest BCUT2D eigenvalue weighted by molar-refractivity contribution is 0.0815. The van der Waals surface area contributed by atoms with Crippen LogP contribution in [0.2, 0.25) is 0 Å². The van der Waals surface area contributed by atoms with Gasteiger partial charge in [-0.15, -0.1) is 0 Å². The van der Waals surface area contributed by atoms with Crippen LogP contribution in [-0.4, -0.2) is 75.4 Å². The van der Waals surface area contributed by atoms with Crippen LogP contribution in [0.25, 0.3) is 22.3 Å². The number of para-hydroxylation sites is 1. The summed E-state index contributed by atoms with van der Waals surface area (Å²) in [5.74, 6) is 0.494. The van der Waals surface area contributed by atoms with Crippen molar-refractivity contribution < 1.29 is 0 Å². The zero-order chi connectivity index (χ0) is 26.8. The van der Waals surface area contributed by atoms with E-state index in [0.717, 1.165) is 53.9 Å². The second-order valence-corrected chi connectivity index (χ2v) is 11.1. The third-order valence-electron chi connectivity index (χ3n) is 8.68. The molecule has 2 aromatic carbocycles. The first-order chi connectivity index (χ1) is 19.1. The average Bonchev–Trinajstić information content (AvgIpc) is 3.38. The highest BCUT2D eigenvalue weighted by Gasteiger charge is 2.31. The van der Waals surface area contributed by atoms with Gasteiger partial charge in [-0.05, 0) is 51.3 Å². The maximum atomic E-state index is 6.52. The Morgan fingerprint density at radius 2 is 1.56 bits per heavy atom. The number of rotatable bonds is 7. The molecule has 3 heterocycles. The molecule has 0 radical (unpaired) electrons. The van der Waals surface area contributed by atoms with Crippen molar-refractivity contribution in [2.75, 3.05) is 50.4 Å². The highest BCUT2D eigenvalue weighted by Crippen LogP contribution is 2.40. The van der Waals surface area contributed by atoms with Gasteiger partial charge in [0.1, 0.15) is 17.8 Å². The summed E-state index contributed by atoms with van der Waals surface area (Å²) in [6.07, 6.45) is 6.18. The van der Waals surface area contributed by atoms with E-state index in [4.69, 9.17) is 15.8 Å². The summed E-state index contributed by atoms with van der Waals surface area (Å²) >= 11 is 0. The lowest BCUT2D eigenvalue weighted by atomic mass is 9.90. The maximum Gasteiger partial charge on any atom is 0.164 e. The minimum atomic E-state index is 0.318. The van der Waals surface area contributed by atoms with Crippen molar-refractivity contribution in [3.63, 3.8) is 0 Å². The molecule has 2 aromatic heterocycles. The first-order valence-electron chi connectivity index (χ1n) is 14.4. The zero-order valence-electron chi connectivity index (χ0n) is 23.2. The Hall–Kier alpha value is -3.49. The molecule has 204 valence electrons. The number of likely N-dealkylation sites (N-methyl/N-ethyl adjacent to an activating group) is 1.